The lowest BCUT2D eigenvalue weighted by atomic mass is 10.1. The predicted molar refractivity (Wildman–Crippen MR) is 62.6 cm³/mol. The Kier molecular flexibility index (Phi) is 3.42. The number of benzene rings is 1. The van der Waals surface area contributed by atoms with Crippen molar-refractivity contribution < 1.29 is 9.21 Å². The number of hydrogen-bond acceptors (Lipinski definition) is 2. The summed E-state index contributed by atoms with van der Waals surface area (Å²) in [4.78, 5) is 11.7. The number of furan rings is 1. The van der Waals surface area contributed by atoms with Crippen LogP contribution in [-0.4, -0.2) is 5.78 Å². The Bertz CT molecular complexity index is 474. The maximum absolute atomic E-state index is 11.7. The average Bonchev–Trinajstić information content (AvgIpc) is 2.74. The third kappa shape index (κ3) is 2.74. The van der Waals surface area contributed by atoms with Crippen molar-refractivity contribution >= 4 is 17.4 Å². The lowest BCUT2D eigenvalue weighted by Gasteiger charge is -2.02. The molecule has 0 unspecified atom stereocenters. The quantitative estimate of drug-likeness (QED) is 0.813. The lowest BCUT2D eigenvalue weighted by Crippen LogP contribution is -2.06. The molecule has 0 aliphatic heterocycles. The Labute approximate surface area is 98.8 Å². The largest absolute Gasteiger partial charge is 0.469 e. The smallest absolute Gasteiger partial charge is 0.144 e. The van der Waals surface area contributed by atoms with Gasteiger partial charge in [0.15, 0.2) is 0 Å². The van der Waals surface area contributed by atoms with Gasteiger partial charge in [-0.2, -0.15) is 0 Å². The molecule has 1 aromatic carbocycles. The van der Waals surface area contributed by atoms with Crippen LogP contribution in [0.15, 0.2) is 47.1 Å². The number of hydrogen-bond donors (Lipinski definition) is 0. The van der Waals surface area contributed by atoms with Crippen LogP contribution >= 0.6 is 11.6 Å². The monoisotopic (exact) mass is 234 g/mol. The molecule has 82 valence electrons. The first-order chi connectivity index (χ1) is 7.75. The maximum Gasteiger partial charge on any atom is 0.144 e. The van der Waals surface area contributed by atoms with Crippen molar-refractivity contribution in [1.29, 1.82) is 0 Å². The number of carbonyl (C=O) groups is 1. The van der Waals surface area contributed by atoms with E-state index >= 15 is 0 Å². The topological polar surface area (TPSA) is 30.2 Å². The second-order valence-corrected chi connectivity index (χ2v) is 3.97. The molecular formula is C13H11ClO2. The molecule has 0 saturated carbocycles. The SMILES string of the molecule is O=C(Cc1ccco1)Cc1ccccc1Cl. The standard InChI is InChI=1S/C13H11ClO2/c14-13-6-2-1-4-10(13)8-11(15)9-12-5-3-7-16-12/h1-7H,8-9H2. The first kappa shape index (κ1) is 11.0. The van der Waals surface area contributed by atoms with Crippen molar-refractivity contribution in [3.8, 4) is 0 Å². The number of rotatable bonds is 4. The fourth-order valence-corrected chi connectivity index (χ4v) is 1.73. The van der Waals surface area contributed by atoms with Gasteiger partial charge < -0.3 is 4.42 Å². The summed E-state index contributed by atoms with van der Waals surface area (Å²) in [5.41, 5.74) is 0.862. The molecular weight excluding hydrogens is 224 g/mol. The van der Waals surface area contributed by atoms with E-state index < -0.39 is 0 Å². The van der Waals surface area contributed by atoms with Crippen molar-refractivity contribution in [2.75, 3.05) is 0 Å². The second-order valence-electron chi connectivity index (χ2n) is 3.56. The molecule has 2 rings (SSSR count). The fraction of sp³-hybridized carbons (Fsp3) is 0.154. The molecule has 0 bridgehead atoms. The van der Waals surface area contributed by atoms with Crippen LogP contribution < -0.4 is 0 Å². The summed E-state index contributed by atoms with van der Waals surface area (Å²) in [6.07, 6.45) is 2.23. The highest BCUT2D eigenvalue weighted by atomic mass is 35.5. The van der Waals surface area contributed by atoms with Crippen LogP contribution in [0.3, 0.4) is 0 Å². The van der Waals surface area contributed by atoms with Gasteiger partial charge in [0.2, 0.25) is 0 Å². The molecule has 0 radical (unpaired) electrons. The van der Waals surface area contributed by atoms with Crippen LogP contribution in [0, 0.1) is 0 Å². The zero-order chi connectivity index (χ0) is 11.4. The van der Waals surface area contributed by atoms with Crippen molar-refractivity contribution in [3.63, 3.8) is 0 Å². The first-order valence-electron chi connectivity index (χ1n) is 5.03. The van der Waals surface area contributed by atoms with Gasteiger partial charge in [-0.1, -0.05) is 29.8 Å². The van der Waals surface area contributed by atoms with Gasteiger partial charge in [-0.3, -0.25) is 4.79 Å². The first-order valence-corrected chi connectivity index (χ1v) is 5.41. The zero-order valence-corrected chi connectivity index (χ0v) is 9.41. The van der Waals surface area contributed by atoms with E-state index in [-0.39, 0.29) is 5.78 Å². The zero-order valence-electron chi connectivity index (χ0n) is 8.65. The molecule has 0 fully saturated rings. The Morgan fingerprint density at radius 3 is 2.62 bits per heavy atom. The van der Waals surface area contributed by atoms with E-state index in [2.05, 4.69) is 0 Å². The number of ketones is 1. The summed E-state index contributed by atoms with van der Waals surface area (Å²) >= 11 is 5.97. The van der Waals surface area contributed by atoms with Crippen LogP contribution in [0.25, 0.3) is 0 Å². The Morgan fingerprint density at radius 2 is 1.94 bits per heavy atom. The van der Waals surface area contributed by atoms with E-state index in [1.165, 1.54) is 0 Å². The molecule has 0 amide bonds. The molecule has 0 saturated heterocycles. The summed E-state index contributed by atoms with van der Waals surface area (Å²) in [5, 5.41) is 0.635. The highest BCUT2D eigenvalue weighted by Crippen LogP contribution is 2.16. The van der Waals surface area contributed by atoms with Crippen molar-refractivity contribution in [1.82, 2.24) is 0 Å². The molecule has 3 heteroatoms. The molecule has 16 heavy (non-hydrogen) atoms. The van der Waals surface area contributed by atoms with Gasteiger partial charge in [-0.05, 0) is 23.8 Å². The Balaban J connectivity index is 2.00. The van der Waals surface area contributed by atoms with Crippen molar-refractivity contribution in [2.45, 2.75) is 12.8 Å². The number of halogens is 1. The van der Waals surface area contributed by atoms with Crippen molar-refractivity contribution in [2.24, 2.45) is 0 Å². The molecule has 1 heterocycles. The highest BCUT2D eigenvalue weighted by Gasteiger charge is 2.08. The van der Waals surface area contributed by atoms with E-state index in [1.54, 1.807) is 24.5 Å². The highest BCUT2D eigenvalue weighted by molar-refractivity contribution is 6.31. The van der Waals surface area contributed by atoms with E-state index in [9.17, 15) is 4.79 Å². The normalized spacial score (nSPS) is 10.3. The van der Waals surface area contributed by atoms with E-state index in [1.807, 2.05) is 18.2 Å². The Morgan fingerprint density at radius 1 is 1.12 bits per heavy atom. The molecule has 0 spiro atoms. The second kappa shape index (κ2) is 4.99. The average molecular weight is 235 g/mol. The summed E-state index contributed by atoms with van der Waals surface area (Å²) in [5.74, 6) is 0.792. The summed E-state index contributed by atoms with van der Waals surface area (Å²) in [7, 11) is 0. The van der Waals surface area contributed by atoms with Crippen LogP contribution in [0.4, 0.5) is 0 Å². The van der Waals surface area contributed by atoms with E-state index in [0.717, 1.165) is 5.56 Å². The molecule has 2 nitrogen and oxygen atoms in total. The van der Waals surface area contributed by atoms with Gasteiger partial charge in [-0.15, -0.1) is 0 Å². The van der Waals surface area contributed by atoms with Crippen LogP contribution in [0.1, 0.15) is 11.3 Å². The van der Waals surface area contributed by atoms with Crippen LogP contribution in [0.2, 0.25) is 5.02 Å². The van der Waals surface area contributed by atoms with Gasteiger partial charge in [0.05, 0.1) is 12.7 Å². The van der Waals surface area contributed by atoms with Gasteiger partial charge in [-0.25, -0.2) is 0 Å². The minimum Gasteiger partial charge on any atom is -0.469 e. The predicted octanol–water partition coefficient (Wildman–Crippen LogP) is 3.29. The Hall–Kier alpha value is -1.54. The van der Waals surface area contributed by atoms with Crippen LogP contribution in [-0.2, 0) is 17.6 Å². The van der Waals surface area contributed by atoms with Crippen LogP contribution in [0.5, 0.6) is 0 Å². The number of Topliss-reactive ketones (excluding diaryl/α,β-unsaturated/α-hetero) is 1. The molecule has 0 N–H and O–H groups in total. The van der Waals surface area contributed by atoms with E-state index in [4.69, 9.17) is 16.0 Å². The molecule has 0 aliphatic rings. The van der Waals surface area contributed by atoms with Gasteiger partial charge in [0.25, 0.3) is 0 Å². The number of carbonyl (C=O) groups excluding carboxylic acids is 1. The van der Waals surface area contributed by atoms with Gasteiger partial charge in [0, 0.05) is 11.4 Å². The summed E-state index contributed by atoms with van der Waals surface area (Å²) < 4.78 is 5.12. The van der Waals surface area contributed by atoms with E-state index in [0.29, 0.717) is 23.6 Å². The molecule has 0 atom stereocenters. The third-order valence-corrected chi connectivity index (χ3v) is 2.67. The lowest BCUT2D eigenvalue weighted by molar-refractivity contribution is -0.118. The minimum absolute atomic E-state index is 0.100. The molecule has 2 aromatic rings. The van der Waals surface area contributed by atoms with Gasteiger partial charge in [0.1, 0.15) is 11.5 Å². The summed E-state index contributed by atoms with van der Waals surface area (Å²) in [6, 6.07) is 11.0. The maximum atomic E-state index is 11.7. The van der Waals surface area contributed by atoms with Crippen molar-refractivity contribution in [3.05, 3.63) is 59.0 Å². The molecule has 1 aromatic heterocycles. The minimum atomic E-state index is 0.100. The summed E-state index contributed by atoms with van der Waals surface area (Å²) in [6.45, 7) is 0. The van der Waals surface area contributed by atoms with Gasteiger partial charge >= 0.3 is 0 Å². The third-order valence-electron chi connectivity index (χ3n) is 2.30. The fourth-order valence-electron chi connectivity index (χ4n) is 1.52. The molecule has 0 aliphatic carbocycles.